The fraction of sp³-hybridized carbons (Fsp3) is 0.800. The number of nitrogens with zero attached hydrogens (tertiary/aromatic N) is 1. The maximum atomic E-state index is 12.0. The molecule has 1 spiro atoms. The first-order valence-electron chi connectivity index (χ1n) is 5.38. The fourth-order valence-corrected chi connectivity index (χ4v) is 2.75. The summed E-state index contributed by atoms with van der Waals surface area (Å²) in [5, 5.41) is 3.24. The average Bonchev–Trinajstić information content (AvgIpc) is 2.25. The van der Waals surface area contributed by atoms with Gasteiger partial charge in [0.1, 0.15) is 0 Å². The molecule has 1 atom stereocenters. The van der Waals surface area contributed by atoms with E-state index in [4.69, 9.17) is 5.73 Å². The standard InChI is InChI=1S/C10H17N3O2/c1-7-10(2-4-12-5-3-10)9(15)13(7)6-8(11)14/h7,12H,2-6H2,1H3,(H2,11,14). The summed E-state index contributed by atoms with van der Waals surface area (Å²) in [6.45, 7) is 3.85. The number of likely N-dealkylation sites (tertiary alicyclic amines) is 1. The number of nitrogens with two attached hydrogens (primary N) is 1. The van der Waals surface area contributed by atoms with Gasteiger partial charge in [-0.1, -0.05) is 0 Å². The number of rotatable bonds is 2. The first-order chi connectivity index (χ1) is 7.08. The van der Waals surface area contributed by atoms with Crippen LogP contribution in [0.5, 0.6) is 0 Å². The van der Waals surface area contributed by atoms with Crippen LogP contribution >= 0.6 is 0 Å². The number of hydrogen-bond donors (Lipinski definition) is 2. The van der Waals surface area contributed by atoms with E-state index < -0.39 is 5.91 Å². The minimum Gasteiger partial charge on any atom is -0.368 e. The monoisotopic (exact) mass is 211 g/mol. The summed E-state index contributed by atoms with van der Waals surface area (Å²) in [7, 11) is 0. The number of primary amides is 1. The molecular weight excluding hydrogens is 194 g/mol. The average molecular weight is 211 g/mol. The van der Waals surface area contributed by atoms with Crippen LogP contribution in [0.1, 0.15) is 19.8 Å². The van der Waals surface area contributed by atoms with Gasteiger partial charge in [-0.3, -0.25) is 9.59 Å². The number of carbonyl (C=O) groups excluding carboxylic acids is 2. The Balaban J connectivity index is 2.06. The highest BCUT2D eigenvalue weighted by Crippen LogP contribution is 2.45. The van der Waals surface area contributed by atoms with E-state index in [1.54, 1.807) is 4.90 Å². The number of hydrogen-bond acceptors (Lipinski definition) is 3. The van der Waals surface area contributed by atoms with Crippen molar-refractivity contribution in [1.29, 1.82) is 0 Å². The van der Waals surface area contributed by atoms with Gasteiger partial charge in [0.05, 0.1) is 12.0 Å². The Kier molecular flexibility index (Phi) is 2.42. The smallest absolute Gasteiger partial charge is 0.237 e. The largest absolute Gasteiger partial charge is 0.368 e. The van der Waals surface area contributed by atoms with Crippen molar-refractivity contribution in [1.82, 2.24) is 10.2 Å². The minimum atomic E-state index is -0.431. The zero-order valence-corrected chi connectivity index (χ0v) is 8.95. The molecule has 5 heteroatoms. The summed E-state index contributed by atoms with van der Waals surface area (Å²) in [6.07, 6.45) is 1.75. The number of piperidine rings is 1. The SMILES string of the molecule is CC1N(CC(N)=O)C(=O)C12CCNCC2. The van der Waals surface area contributed by atoms with Crippen LogP contribution in [0.2, 0.25) is 0 Å². The third-order valence-electron chi connectivity index (χ3n) is 3.78. The quantitative estimate of drug-likeness (QED) is 0.580. The van der Waals surface area contributed by atoms with Gasteiger partial charge in [-0.15, -0.1) is 0 Å². The summed E-state index contributed by atoms with van der Waals surface area (Å²) < 4.78 is 0. The van der Waals surface area contributed by atoms with Crippen LogP contribution in [-0.2, 0) is 9.59 Å². The molecule has 0 aliphatic carbocycles. The molecule has 2 aliphatic rings. The van der Waals surface area contributed by atoms with Gasteiger partial charge in [0.15, 0.2) is 0 Å². The van der Waals surface area contributed by atoms with Crippen molar-refractivity contribution in [2.45, 2.75) is 25.8 Å². The Hall–Kier alpha value is -1.10. The molecule has 2 aliphatic heterocycles. The Morgan fingerprint density at radius 1 is 1.60 bits per heavy atom. The maximum Gasteiger partial charge on any atom is 0.237 e. The first-order valence-corrected chi connectivity index (χ1v) is 5.38. The van der Waals surface area contributed by atoms with E-state index in [0.29, 0.717) is 0 Å². The lowest BCUT2D eigenvalue weighted by Gasteiger charge is -2.56. The molecule has 15 heavy (non-hydrogen) atoms. The molecule has 0 aromatic rings. The molecule has 84 valence electrons. The molecule has 0 bridgehead atoms. The van der Waals surface area contributed by atoms with Gasteiger partial charge in [0.2, 0.25) is 11.8 Å². The van der Waals surface area contributed by atoms with E-state index in [9.17, 15) is 9.59 Å². The van der Waals surface area contributed by atoms with Crippen LogP contribution in [0, 0.1) is 5.41 Å². The van der Waals surface area contributed by atoms with Crippen LogP contribution in [0.4, 0.5) is 0 Å². The van der Waals surface area contributed by atoms with Crippen molar-refractivity contribution in [3.8, 4) is 0 Å². The van der Waals surface area contributed by atoms with Crippen LogP contribution in [0.3, 0.4) is 0 Å². The molecule has 0 saturated carbocycles. The van der Waals surface area contributed by atoms with Crippen molar-refractivity contribution >= 4 is 11.8 Å². The maximum absolute atomic E-state index is 12.0. The second kappa shape index (κ2) is 3.48. The molecular formula is C10H17N3O2. The topological polar surface area (TPSA) is 75.4 Å². The predicted octanol–water partition coefficient (Wildman–Crippen LogP) is -0.928. The third-order valence-corrected chi connectivity index (χ3v) is 3.78. The van der Waals surface area contributed by atoms with Gasteiger partial charge in [0, 0.05) is 6.04 Å². The van der Waals surface area contributed by atoms with Crippen LogP contribution < -0.4 is 11.1 Å². The molecule has 0 aromatic carbocycles. The second-order valence-corrected chi connectivity index (χ2v) is 4.48. The Labute approximate surface area is 89.0 Å². The highest BCUT2D eigenvalue weighted by atomic mass is 16.2. The predicted molar refractivity (Wildman–Crippen MR) is 54.9 cm³/mol. The van der Waals surface area contributed by atoms with Crippen LogP contribution in [0.15, 0.2) is 0 Å². The molecule has 0 radical (unpaired) electrons. The van der Waals surface area contributed by atoms with E-state index >= 15 is 0 Å². The second-order valence-electron chi connectivity index (χ2n) is 4.48. The van der Waals surface area contributed by atoms with Gasteiger partial charge in [-0.05, 0) is 32.9 Å². The van der Waals surface area contributed by atoms with Gasteiger partial charge in [-0.2, -0.15) is 0 Å². The van der Waals surface area contributed by atoms with E-state index in [0.717, 1.165) is 25.9 Å². The Bertz CT molecular complexity index is 297. The minimum absolute atomic E-state index is 0.0647. The highest BCUT2D eigenvalue weighted by Gasteiger charge is 2.58. The Morgan fingerprint density at radius 2 is 2.20 bits per heavy atom. The number of β-lactam (4-membered cyclic amide) rings is 1. The van der Waals surface area contributed by atoms with Gasteiger partial charge in [0.25, 0.3) is 0 Å². The van der Waals surface area contributed by atoms with Gasteiger partial charge < -0.3 is 16.0 Å². The normalized spacial score (nSPS) is 29.0. The number of nitrogens with one attached hydrogen (secondary N) is 1. The van der Waals surface area contributed by atoms with Crippen molar-refractivity contribution in [2.24, 2.45) is 11.1 Å². The summed E-state index contributed by atoms with van der Waals surface area (Å²) >= 11 is 0. The fourth-order valence-electron chi connectivity index (χ4n) is 2.75. The van der Waals surface area contributed by atoms with E-state index in [1.807, 2.05) is 6.92 Å². The van der Waals surface area contributed by atoms with Gasteiger partial charge >= 0.3 is 0 Å². The number of carbonyl (C=O) groups is 2. The molecule has 1 unspecified atom stereocenters. The van der Waals surface area contributed by atoms with Crippen molar-refractivity contribution in [2.75, 3.05) is 19.6 Å². The Morgan fingerprint density at radius 3 is 2.67 bits per heavy atom. The van der Waals surface area contributed by atoms with E-state index in [2.05, 4.69) is 5.32 Å². The lowest BCUT2D eigenvalue weighted by Crippen LogP contribution is -2.71. The first kappa shape index (κ1) is 10.4. The summed E-state index contributed by atoms with van der Waals surface area (Å²) in [5.41, 5.74) is 4.89. The summed E-state index contributed by atoms with van der Waals surface area (Å²) in [5.74, 6) is -0.325. The highest BCUT2D eigenvalue weighted by molar-refractivity contribution is 5.93. The van der Waals surface area contributed by atoms with Crippen molar-refractivity contribution in [3.05, 3.63) is 0 Å². The molecule has 2 saturated heterocycles. The lowest BCUT2D eigenvalue weighted by atomic mass is 9.65. The zero-order chi connectivity index (χ0) is 11.1. The van der Waals surface area contributed by atoms with Crippen LogP contribution in [0.25, 0.3) is 0 Å². The summed E-state index contributed by atoms with van der Waals surface area (Å²) in [6, 6.07) is 0.152. The molecule has 2 heterocycles. The molecule has 3 N–H and O–H groups in total. The molecule has 2 amide bonds. The third kappa shape index (κ3) is 1.42. The zero-order valence-electron chi connectivity index (χ0n) is 8.95. The number of amides is 2. The molecule has 2 fully saturated rings. The molecule has 0 aromatic heterocycles. The van der Waals surface area contributed by atoms with Crippen molar-refractivity contribution < 1.29 is 9.59 Å². The lowest BCUT2D eigenvalue weighted by molar-refractivity contribution is -0.175. The van der Waals surface area contributed by atoms with Crippen molar-refractivity contribution in [3.63, 3.8) is 0 Å². The molecule has 2 rings (SSSR count). The molecule has 5 nitrogen and oxygen atoms in total. The van der Waals surface area contributed by atoms with Crippen LogP contribution in [-0.4, -0.2) is 42.4 Å². The van der Waals surface area contributed by atoms with E-state index in [1.165, 1.54) is 0 Å². The van der Waals surface area contributed by atoms with Gasteiger partial charge in [-0.25, -0.2) is 0 Å². The summed E-state index contributed by atoms with van der Waals surface area (Å²) in [4.78, 5) is 24.3. The van der Waals surface area contributed by atoms with E-state index in [-0.39, 0.29) is 23.9 Å².